The highest BCUT2D eigenvalue weighted by Gasteiger charge is 2.36. The molecule has 6 nitrogen and oxygen atoms in total. The fraction of sp³-hybridized carbons (Fsp3) is 0.258. The highest BCUT2D eigenvalue weighted by atomic mass is 32.2. The maximum atomic E-state index is 12.6. The lowest BCUT2D eigenvalue weighted by atomic mass is 9.98. The molecule has 38 heavy (non-hydrogen) atoms. The van der Waals surface area contributed by atoms with E-state index in [1.165, 1.54) is 17.4 Å². The van der Waals surface area contributed by atoms with Crippen LogP contribution in [0.5, 0.6) is 0 Å². The van der Waals surface area contributed by atoms with Crippen LogP contribution >= 0.6 is 11.8 Å². The summed E-state index contributed by atoms with van der Waals surface area (Å²) in [5, 5.41) is 6.77. The van der Waals surface area contributed by atoms with Crippen LogP contribution in [-0.2, 0) is 0 Å². The molecule has 0 saturated carbocycles. The van der Waals surface area contributed by atoms with Crippen LogP contribution in [0.15, 0.2) is 93.9 Å². The van der Waals surface area contributed by atoms with E-state index in [0.717, 1.165) is 52.5 Å². The Bertz CT molecular complexity index is 1370. The maximum Gasteiger partial charge on any atom is 0.311 e. The zero-order valence-electron chi connectivity index (χ0n) is 22.3. The van der Waals surface area contributed by atoms with Gasteiger partial charge in [-0.3, -0.25) is 4.79 Å². The van der Waals surface area contributed by atoms with Gasteiger partial charge in [-0.25, -0.2) is 5.01 Å². The number of aliphatic imine (C=N–C) groups is 1. The van der Waals surface area contributed by atoms with Crippen molar-refractivity contribution in [3.05, 3.63) is 100 Å². The number of rotatable bonds is 7. The minimum atomic E-state index is -0.212. The fourth-order valence-corrected chi connectivity index (χ4v) is 5.59. The summed E-state index contributed by atoms with van der Waals surface area (Å²) in [4.78, 5) is 22.3. The molecular weight excluding hydrogens is 490 g/mol. The Labute approximate surface area is 229 Å². The number of amides is 1. The van der Waals surface area contributed by atoms with Crippen LogP contribution in [-0.4, -0.2) is 49.0 Å². The molecule has 0 N–H and O–H groups in total. The number of amidine groups is 1. The number of carbonyl (C=O) groups excluding carboxylic acids is 1. The predicted octanol–water partition coefficient (Wildman–Crippen LogP) is 7.06. The van der Waals surface area contributed by atoms with Crippen LogP contribution in [0.1, 0.15) is 43.0 Å². The Morgan fingerprint density at radius 3 is 2.21 bits per heavy atom. The Morgan fingerprint density at radius 2 is 1.58 bits per heavy atom. The Balaban J connectivity index is 1.50. The fourth-order valence-electron chi connectivity index (χ4n) is 4.85. The monoisotopic (exact) mass is 523 g/mol. The summed E-state index contributed by atoms with van der Waals surface area (Å²) in [5.41, 5.74) is 6.57. The minimum Gasteiger partial charge on any atom is -0.378 e. The first kappa shape index (κ1) is 25.8. The van der Waals surface area contributed by atoms with Gasteiger partial charge in [0, 0.05) is 45.0 Å². The van der Waals surface area contributed by atoms with Gasteiger partial charge in [0.05, 0.1) is 16.7 Å². The van der Waals surface area contributed by atoms with Crippen molar-refractivity contribution < 1.29 is 4.79 Å². The molecule has 0 radical (unpaired) electrons. The van der Waals surface area contributed by atoms with Gasteiger partial charge in [0.15, 0.2) is 5.84 Å². The molecule has 0 bridgehead atoms. The van der Waals surface area contributed by atoms with Crippen LogP contribution < -0.4 is 9.80 Å². The van der Waals surface area contributed by atoms with Crippen molar-refractivity contribution in [3.63, 3.8) is 0 Å². The number of benzene rings is 3. The van der Waals surface area contributed by atoms with E-state index in [0.29, 0.717) is 5.84 Å². The number of hydrazone groups is 1. The second-order valence-electron chi connectivity index (χ2n) is 9.54. The minimum absolute atomic E-state index is 0.0555. The number of hydrogen-bond donors (Lipinski definition) is 0. The maximum absolute atomic E-state index is 12.6. The lowest BCUT2D eigenvalue weighted by Gasteiger charge is -2.24. The third-order valence-electron chi connectivity index (χ3n) is 6.96. The van der Waals surface area contributed by atoms with E-state index < -0.39 is 0 Å². The van der Waals surface area contributed by atoms with E-state index >= 15 is 0 Å². The smallest absolute Gasteiger partial charge is 0.311 e. The number of thioether (sulfide) groups is 1. The first-order chi connectivity index (χ1) is 18.5. The van der Waals surface area contributed by atoms with Gasteiger partial charge in [0.2, 0.25) is 0 Å². The molecule has 2 aliphatic heterocycles. The van der Waals surface area contributed by atoms with Crippen LogP contribution in [0.4, 0.5) is 16.2 Å². The molecule has 0 aromatic heterocycles. The summed E-state index contributed by atoms with van der Waals surface area (Å²) in [6, 6.07) is 27.2. The number of hydrogen-bond acceptors (Lipinski definition) is 6. The molecule has 3 aromatic carbocycles. The van der Waals surface area contributed by atoms with Crippen molar-refractivity contribution in [2.45, 2.75) is 26.3 Å². The lowest BCUT2D eigenvalue weighted by Crippen LogP contribution is -2.26. The highest BCUT2D eigenvalue weighted by molar-refractivity contribution is 8.18. The molecule has 1 atom stereocenters. The number of nitrogens with zero attached hydrogens (tertiary/aromatic N) is 5. The molecule has 194 valence electrons. The van der Waals surface area contributed by atoms with Crippen LogP contribution in [0, 0.1) is 0 Å². The SMILES string of the molecule is CCN(CC)c1ccc(/C=C2\SC(=O)N=C2N2N=C(c3ccccc3)CC2c2ccc(N(C)C)cc2)cc1. The average Bonchev–Trinajstić information content (AvgIpc) is 3.54. The van der Waals surface area contributed by atoms with E-state index in [1.54, 1.807) is 0 Å². The van der Waals surface area contributed by atoms with E-state index in [1.807, 2.05) is 43.4 Å². The molecule has 0 spiro atoms. The quantitative estimate of drug-likeness (QED) is 0.332. The van der Waals surface area contributed by atoms with E-state index in [4.69, 9.17) is 5.10 Å². The van der Waals surface area contributed by atoms with Crippen LogP contribution in [0.2, 0.25) is 0 Å². The molecule has 7 heteroatoms. The van der Waals surface area contributed by atoms with Gasteiger partial charge < -0.3 is 9.80 Å². The number of anilines is 2. The standard InChI is InChI=1S/C31H33N5OS/c1-5-35(6-2)26-16-12-22(13-17-26)20-29-30(32-31(37)38-29)36-28(24-14-18-25(19-15-24)34(3)4)21-27(33-36)23-10-8-7-9-11-23/h7-20,28H,5-6,21H2,1-4H3/b29-20-. The van der Waals surface area contributed by atoms with Crippen molar-refractivity contribution in [2.75, 3.05) is 37.0 Å². The molecule has 0 aliphatic carbocycles. The molecule has 1 amide bonds. The first-order valence-corrected chi connectivity index (χ1v) is 13.9. The molecule has 0 fully saturated rings. The van der Waals surface area contributed by atoms with E-state index in [2.05, 4.69) is 89.3 Å². The van der Waals surface area contributed by atoms with Gasteiger partial charge in [0.1, 0.15) is 0 Å². The largest absolute Gasteiger partial charge is 0.378 e. The molecule has 1 unspecified atom stereocenters. The van der Waals surface area contributed by atoms with Crippen LogP contribution in [0.3, 0.4) is 0 Å². The van der Waals surface area contributed by atoms with Crippen LogP contribution in [0.25, 0.3) is 6.08 Å². The van der Waals surface area contributed by atoms with Gasteiger partial charge in [-0.05, 0) is 72.6 Å². The topological polar surface area (TPSA) is 51.5 Å². The summed E-state index contributed by atoms with van der Waals surface area (Å²) in [6.45, 7) is 6.25. The molecule has 2 heterocycles. The van der Waals surface area contributed by atoms with Crippen molar-refractivity contribution >= 4 is 46.0 Å². The van der Waals surface area contributed by atoms with Crippen molar-refractivity contribution in [1.82, 2.24) is 5.01 Å². The lowest BCUT2D eigenvalue weighted by molar-refractivity contribution is 0.267. The highest BCUT2D eigenvalue weighted by Crippen LogP contribution is 2.40. The second-order valence-corrected chi connectivity index (χ2v) is 10.5. The molecule has 3 aromatic rings. The van der Waals surface area contributed by atoms with Gasteiger partial charge >= 0.3 is 5.24 Å². The Morgan fingerprint density at radius 1 is 0.921 bits per heavy atom. The molecule has 2 aliphatic rings. The Hall–Kier alpha value is -3.84. The predicted molar refractivity (Wildman–Crippen MR) is 161 cm³/mol. The van der Waals surface area contributed by atoms with Gasteiger partial charge in [0.25, 0.3) is 0 Å². The van der Waals surface area contributed by atoms with Gasteiger partial charge in [-0.1, -0.05) is 54.6 Å². The third-order valence-corrected chi connectivity index (χ3v) is 7.75. The van der Waals surface area contributed by atoms with E-state index in [-0.39, 0.29) is 11.3 Å². The molecule has 0 saturated heterocycles. The van der Waals surface area contributed by atoms with Crippen molar-refractivity contribution in [2.24, 2.45) is 10.1 Å². The third kappa shape index (κ3) is 5.38. The molecular formula is C31H33N5OS. The summed E-state index contributed by atoms with van der Waals surface area (Å²) >= 11 is 1.17. The second kappa shape index (κ2) is 11.3. The summed E-state index contributed by atoms with van der Waals surface area (Å²) < 4.78 is 0. The summed E-state index contributed by atoms with van der Waals surface area (Å²) in [6.07, 6.45) is 2.78. The normalized spacial score (nSPS) is 18.1. The van der Waals surface area contributed by atoms with Gasteiger partial charge in [-0.15, -0.1) is 0 Å². The van der Waals surface area contributed by atoms with E-state index in [9.17, 15) is 4.79 Å². The average molecular weight is 524 g/mol. The Kier molecular flexibility index (Phi) is 7.65. The summed E-state index contributed by atoms with van der Waals surface area (Å²) in [5.74, 6) is 0.612. The van der Waals surface area contributed by atoms with Crippen molar-refractivity contribution in [1.29, 1.82) is 0 Å². The van der Waals surface area contributed by atoms with Gasteiger partial charge in [-0.2, -0.15) is 10.1 Å². The zero-order chi connectivity index (χ0) is 26.6. The zero-order valence-corrected chi connectivity index (χ0v) is 23.2. The molecule has 5 rings (SSSR count). The van der Waals surface area contributed by atoms with Crippen molar-refractivity contribution in [3.8, 4) is 0 Å². The summed E-state index contributed by atoms with van der Waals surface area (Å²) in [7, 11) is 4.07. The number of carbonyl (C=O) groups is 1. The first-order valence-electron chi connectivity index (χ1n) is 13.0.